The fourth-order valence-corrected chi connectivity index (χ4v) is 3.82. The van der Waals surface area contributed by atoms with E-state index in [0.717, 1.165) is 29.9 Å². The van der Waals surface area contributed by atoms with Gasteiger partial charge in [-0.25, -0.2) is 4.39 Å². The summed E-state index contributed by atoms with van der Waals surface area (Å²) in [4.78, 5) is 0. The van der Waals surface area contributed by atoms with E-state index in [-0.39, 0.29) is 11.9 Å². The van der Waals surface area contributed by atoms with Crippen LogP contribution in [-0.2, 0) is 0 Å². The van der Waals surface area contributed by atoms with Crippen molar-refractivity contribution in [2.75, 3.05) is 18.1 Å². The molecule has 1 aromatic rings. The molecule has 0 spiro atoms. The van der Waals surface area contributed by atoms with Gasteiger partial charge in [-0.2, -0.15) is 11.8 Å². The number of hydrogen-bond donors (Lipinski definition) is 2. The fourth-order valence-electron chi connectivity index (χ4n) is 2.23. The van der Waals surface area contributed by atoms with Gasteiger partial charge in [-0.05, 0) is 49.0 Å². The molecule has 1 aliphatic rings. The molecule has 2 N–H and O–H groups in total. The Hall–Kier alpha value is -0.290. The predicted octanol–water partition coefficient (Wildman–Crippen LogP) is 3.39. The Morgan fingerprint density at radius 3 is 2.79 bits per heavy atom. The molecule has 0 aliphatic carbocycles. The maximum Gasteiger partial charge on any atom is 0.124 e. The lowest BCUT2D eigenvalue weighted by molar-refractivity contribution is 0.0300. The summed E-state index contributed by atoms with van der Waals surface area (Å²) in [5.74, 6) is 1.68. The largest absolute Gasteiger partial charge is 0.389 e. The van der Waals surface area contributed by atoms with Gasteiger partial charge < -0.3 is 10.4 Å². The summed E-state index contributed by atoms with van der Waals surface area (Å²) in [6.07, 6.45) is 1.63. The van der Waals surface area contributed by atoms with Crippen molar-refractivity contribution in [3.63, 3.8) is 0 Å². The van der Waals surface area contributed by atoms with Crippen LogP contribution in [0.15, 0.2) is 18.2 Å². The lowest BCUT2D eigenvalue weighted by Crippen LogP contribution is -2.44. The number of benzene rings is 1. The molecule has 1 atom stereocenters. The van der Waals surface area contributed by atoms with Crippen LogP contribution in [0, 0.1) is 5.82 Å². The average Bonchev–Trinajstić information content (AvgIpc) is 2.37. The number of halogens is 2. The third-order valence-electron chi connectivity index (χ3n) is 3.59. The number of aliphatic hydroxyl groups is 1. The van der Waals surface area contributed by atoms with E-state index in [2.05, 4.69) is 5.32 Å². The van der Waals surface area contributed by atoms with Gasteiger partial charge in [0.15, 0.2) is 0 Å². The molecule has 0 amide bonds. The minimum absolute atomic E-state index is 0.00768. The molecule has 1 aliphatic heterocycles. The van der Waals surface area contributed by atoms with Gasteiger partial charge >= 0.3 is 0 Å². The summed E-state index contributed by atoms with van der Waals surface area (Å²) in [5, 5.41) is 14.1. The summed E-state index contributed by atoms with van der Waals surface area (Å²) in [7, 11) is 0. The van der Waals surface area contributed by atoms with E-state index >= 15 is 0 Å². The monoisotopic (exact) mass is 303 g/mol. The minimum atomic E-state index is -0.619. The number of thioether (sulfide) groups is 1. The first-order valence-corrected chi connectivity index (χ1v) is 8.02. The Labute approximate surface area is 122 Å². The highest BCUT2D eigenvalue weighted by atomic mass is 35.5. The molecule has 1 aromatic carbocycles. The number of nitrogens with one attached hydrogen (secondary N) is 1. The van der Waals surface area contributed by atoms with Crippen molar-refractivity contribution in [1.29, 1.82) is 0 Å². The van der Waals surface area contributed by atoms with E-state index < -0.39 is 5.60 Å². The fraction of sp³-hybridized carbons (Fsp3) is 0.571. The first-order valence-electron chi connectivity index (χ1n) is 6.49. The van der Waals surface area contributed by atoms with E-state index in [4.69, 9.17) is 11.6 Å². The zero-order chi connectivity index (χ0) is 13.9. The molecule has 0 saturated carbocycles. The molecule has 0 aromatic heterocycles. The zero-order valence-electron chi connectivity index (χ0n) is 11.0. The highest BCUT2D eigenvalue weighted by Crippen LogP contribution is 2.28. The van der Waals surface area contributed by atoms with Crippen LogP contribution in [-0.4, -0.2) is 28.8 Å². The molecule has 1 heterocycles. The van der Waals surface area contributed by atoms with Gasteiger partial charge in [0.1, 0.15) is 5.82 Å². The standard InChI is InChI=1S/C14H19ClFNOS/c1-10(12-3-2-11(16)8-13(12)15)17-9-14(18)4-6-19-7-5-14/h2-3,8,10,17-18H,4-7,9H2,1H3. The number of hydrogen-bond acceptors (Lipinski definition) is 3. The minimum Gasteiger partial charge on any atom is -0.389 e. The maximum absolute atomic E-state index is 13.0. The molecule has 1 unspecified atom stereocenters. The lowest BCUT2D eigenvalue weighted by atomic mass is 9.96. The van der Waals surface area contributed by atoms with Gasteiger partial charge in [-0.1, -0.05) is 17.7 Å². The third-order valence-corrected chi connectivity index (χ3v) is 4.90. The zero-order valence-corrected chi connectivity index (χ0v) is 12.5. The molecule has 2 nitrogen and oxygen atoms in total. The molecule has 1 saturated heterocycles. The normalized spacial score (nSPS) is 20.2. The predicted molar refractivity (Wildman–Crippen MR) is 79.3 cm³/mol. The highest BCUT2D eigenvalue weighted by Gasteiger charge is 2.29. The molecule has 106 valence electrons. The third kappa shape index (κ3) is 4.09. The SMILES string of the molecule is CC(NCC1(O)CCSCC1)c1ccc(F)cc1Cl. The quantitative estimate of drug-likeness (QED) is 0.894. The Morgan fingerprint density at radius 2 is 2.16 bits per heavy atom. The van der Waals surface area contributed by atoms with E-state index in [1.165, 1.54) is 12.1 Å². The molecular formula is C14H19ClFNOS. The van der Waals surface area contributed by atoms with Crippen molar-refractivity contribution in [1.82, 2.24) is 5.32 Å². The van der Waals surface area contributed by atoms with Crippen LogP contribution in [0.5, 0.6) is 0 Å². The highest BCUT2D eigenvalue weighted by molar-refractivity contribution is 7.99. The van der Waals surface area contributed by atoms with Gasteiger partial charge in [0.25, 0.3) is 0 Å². The summed E-state index contributed by atoms with van der Waals surface area (Å²) in [5.41, 5.74) is 0.239. The summed E-state index contributed by atoms with van der Waals surface area (Å²) in [6.45, 7) is 2.52. The molecule has 1 fully saturated rings. The van der Waals surface area contributed by atoms with Crippen LogP contribution in [0.4, 0.5) is 4.39 Å². The van der Waals surface area contributed by atoms with Crippen LogP contribution in [0.1, 0.15) is 31.4 Å². The van der Waals surface area contributed by atoms with E-state index in [0.29, 0.717) is 11.6 Å². The average molecular weight is 304 g/mol. The van der Waals surface area contributed by atoms with Crippen LogP contribution in [0.3, 0.4) is 0 Å². The lowest BCUT2D eigenvalue weighted by Gasteiger charge is -2.33. The molecule has 0 radical (unpaired) electrons. The Kier molecular flexibility index (Phi) is 5.12. The maximum atomic E-state index is 13.0. The summed E-state index contributed by atoms with van der Waals surface area (Å²) in [6, 6.07) is 4.41. The first-order chi connectivity index (χ1) is 9.00. The van der Waals surface area contributed by atoms with Crippen molar-refractivity contribution >= 4 is 23.4 Å². The molecular weight excluding hydrogens is 285 g/mol. The van der Waals surface area contributed by atoms with Gasteiger partial charge in [0.05, 0.1) is 5.60 Å². The summed E-state index contributed by atoms with van der Waals surface area (Å²) < 4.78 is 13.0. The Balaban J connectivity index is 1.95. The second kappa shape index (κ2) is 6.44. The van der Waals surface area contributed by atoms with Crippen molar-refractivity contribution in [2.24, 2.45) is 0 Å². The van der Waals surface area contributed by atoms with Crippen molar-refractivity contribution in [2.45, 2.75) is 31.4 Å². The Bertz CT molecular complexity index is 437. The Morgan fingerprint density at radius 1 is 1.47 bits per heavy atom. The van der Waals surface area contributed by atoms with Crippen molar-refractivity contribution in [3.05, 3.63) is 34.6 Å². The molecule has 19 heavy (non-hydrogen) atoms. The van der Waals surface area contributed by atoms with Crippen LogP contribution >= 0.6 is 23.4 Å². The van der Waals surface area contributed by atoms with Crippen molar-refractivity contribution < 1.29 is 9.50 Å². The van der Waals surface area contributed by atoms with E-state index in [1.807, 2.05) is 18.7 Å². The number of rotatable bonds is 4. The van der Waals surface area contributed by atoms with E-state index in [9.17, 15) is 9.50 Å². The van der Waals surface area contributed by atoms with Crippen molar-refractivity contribution in [3.8, 4) is 0 Å². The van der Waals surface area contributed by atoms with Gasteiger partial charge in [0.2, 0.25) is 0 Å². The van der Waals surface area contributed by atoms with Crippen LogP contribution in [0.25, 0.3) is 0 Å². The second-order valence-electron chi connectivity index (χ2n) is 5.11. The van der Waals surface area contributed by atoms with E-state index in [1.54, 1.807) is 6.07 Å². The van der Waals surface area contributed by atoms with Crippen LogP contribution < -0.4 is 5.32 Å². The first kappa shape index (κ1) is 15.1. The molecule has 5 heteroatoms. The van der Waals surface area contributed by atoms with Crippen LogP contribution in [0.2, 0.25) is 5.02 Å². The summed E-state index contributed by atoms with van der Waals surface area (Å²) >= 11 is 7.92. The van der Waals surface area contributed by atoms with Gasteiger partial charge in [-0.3, -0.25) is 0 Å². The molecule has 2 rings (SSSR count). The smallest absolute Gasteiger partial charge is 0.124 e. The van der Waals surface area contributed by atoms with Gasteiger partial charge in [0, 0.05) is 17.6 Å². The molecule has 0 bridgehead atoms. The topological polar surface area (TPSA) is 32.3 Å². The van der Waals surface area contributed by atoms with Gasteiger partial charge in [-0.15, -0.1) is 0 Å². The second-order valence-corrected chi connectivity index (χ2v) is 6.74.